The van der Waals surface area contributed by atoms with Crippen molar-refractivity contribution in [1.82, 2.24) is 5.32 Å². The van der Waals surface area contributed by atoms with Gasteiger partial charge in [0.25, 0.3) is 0 Å². The van der Waals surface area contributed by atoms with Gasteiger partial charge in [0.15, 0.2) is 0 Å². The van der Waals surface area contributed by atoms with Crippen molar-refractivity contribution in [3.8, 4) is 0 Å². The zero-order valence-electron chi connectivity index (χ0n) is 11.1. The smallest absolute Gasteiger partial charge is 0.0431 e. The Labute approximate surface area is 105 Å². The zero-order chi connectivity index (χ0) is 12.5. The van der Waals surface area contributed by atoms with Gasteiger partial charge in [0.05, 0.1) is 0 Å². The fourth-order valence-electron chi connectivity index (χ4n) is 1.88. The molecule has 0 radical (unpaired) electrons. The van der Waals surface area contributed by atoms with Gasteiger partial charge < -0.3 is 10.4 Å². The first-order chi connectivity index (χ1) is 8.24. The number of unbranched alkanes of at least 4 members (excludes halogenated alkanes) is 3. The Morgan fingerprint density at radius 2 is 1.71 bits per heavy atom. The van der Waals surface area contributed by atoms with E-state index in [1.807, 2.05) is 0 Å². The van der Waals surface area contributed by atoms with Crippen LogP contribution in [0.25, 0.3) is 0 Å². The standard InChI is InChI=1S/C15H25NO/c1-13-7-9-15(10-8-13)14(2)16-11-5-3-4-6-12-17/h7-10,14,16-17H,3-6,11-12H2,1-2H3. The fraction of sp³-hybridized carbons (Fsp3) is 0.600. The Bertz CT molecular complexity index is 294. The third-order valence-corrected chi connectivity index (χ3v) is 3.11. The average Bonchev–Trinajstić information content (AvgIpc) is 2.34. The minimum atomic E-state index is 0.327. The number of aliphatic hydroxyl groups is 1. The van der Waals surface area contributed by atoms with E-state index in [-0.39, 0.29) is 0 Å². The Morgan fingerprint density at radius 3 is 2.35 bits per heavy atom. The van der Waals surface area contributed by atoms with Crippen LogP contribution in [-0.2, 0) is 0 Å². The van der Waals surface area contributed by atoms with Crippen LogP contribution in [0.4, 0.5) is 0 Å². The molecular formula is C15H25NO. The summed E-state index contributed by atoms with van der Waals surface area (Å²) in [5.74, 6) is 0. The Balaban J connectivity index is 2.16. The van der Waals surface area contributed by atoms with E-state index in [0.29, 0.717) is 12.6 Å². The number of hydrogen-bond donors (Lipinski definition) is 2. The highest BCUT2D eigenvalue weighted by molar-refractivity contribution is 5.23. The second-order valence-electron chi connectivity index (χ2n) is 4.72. The summed E-state index contributed by atoms with van der Waals surface area (Å²) in [6.07, 6.45) is 4.47. The van der Waals surface area contributed by atoms with Crippen LogP contribution < -0.4 is 5.32 Å². The summed E-state index contributed by atoms with van der Waals surface area (Å²) in [6.45, 7) is 5.70. The third-order valence-electron chi connectivity index (χ3n) is 3.11. The summed E-state index contributed by atoms with van der Waals surface area (Å²) >= 11 is 0. The van der Waals surface area contributed by atoms with Crippen LogP contribution >= 0.6 is 0 Å². The van der Waals surface area contributed by atoms with Gasteiger partial charge in [0.2, 0.25) is 0 Å². The van der Waals surface area contributed by atoms with Crippen molar-refractivity contribution in [1.29, 1.82) is 0 Å². The molecule has 0 aliphatic carbocycles. The van der Waals surface area contributed by atoms with Gasteiger partial charge in [-0.1, -0.05) is 42.7 Å². The molecule has 0 bridgehead atoms. The summed E-state index contributed by atoms with van der Waals surface area (Å²) in [7, 11) is 0. The maximum atomic E-state index is 8.67. The van der Waals surface area contributed by atoms with Gasteiger partial charge in [-0.05, 0) is 38.8 Å². The topological polar surface area (TPSA) is 32.3 Å². The molecule has 0 aromatic heterocycles. The Hall–Kier alpha value is -0.860. The summed E-state index contributed by atoms with van der Waals surface area (Å²) in [6, 6.07) is 9.13. The predicted octanol–water partition coefficient (Wildman–Crippen LogP) is 3.20. The van der Waals surface area contributed by atoms with E-state index in [1.165, 1.54) is 24.0 Å². The number of hydrogen-bond acceptors (Lipinski definition) is 2. The van der Waals surface area contributed by atoms with E-state index in [4.69, 9.17) is 5.11 Å². The lowest BCUT2D eigenvalue weighted by molar-refractivity contribution is 0.282. The van der Waals surface area contributed by atoms with Gasteiger partial charge in [-0.15, -0.1) is 0 Å². The molecule has 0 saturated heterocycles. The van der Waals surface area contributed by atoms with E-state index in [2.05, 4.69) is 43.4 Å². The highest BCUT2D eigenvalue weighted by Gasteiger charge is 2.03. The molecule has 0 fully saturated rings. The molecule has 2 N–H and O–H groups in total. The highest BCUT2D eigenvalue weighted by atomic mass is 16.2. The lowest BCUT2D eigenvalue weighted by Gasteiger charge is -2.14. The quantitative estimate of drug-likeness (QED) is 0.678. The fourth-order valence-corrected chi connectivity index (χ4v) is 1.88. The van der Waals surface area contributed by atoms with Crippen LogP contribution in [0.5, 0.6) is 0 Å². The van der Waals surface area contributed by atoms with Gasteiger partial charge in [0.1, 0.15) is 0 Å². The molecule has 0 spiro atoms. The second-order valence-corrected chi connectivity index (χ2v) is 4.72. The Kier molecular flexibility index (Phi) is 6.90. The van der Waals surface area contributed by atoms with Crippen molar-refractivity contribution in [2.45, 2.75) is 45.6 Å². The maximum absolute atomic E-state index is 8.67. The van der Waals surface area contributed by atoms with Gasteiger partial charge in [-0.3, -0.25) is 0 Å². The van der Waals surface area contributed by atoms with E-state index >= 15 is 0 Å². The summed E-state index contributed by atoms with van der Waals surface area (Å²) in [5, 5.41) is 12.2. The van der Waals surface area contributed by atoms with Crippen molar-refractivity contribution < 1.29 is 5.11 Å². The molecule has 96 valence electrons. The Morgan fingerprint density at radius 1 is 1.06 bits per heavy atom. The van der Waals surface area contributed by atoms with Gasteiger partial charge >= 0.3 is 0 Å². The van der Waals surface area contributed by atoms with Crippen LogP contribution in [0.1, 0.15) is 49.8 Å². The van der Waals surface area contributed by atoms with Gasteiger partial charge in [-0.25, -0.2) is 0 Å². The van der Waals surface area contributed by atoms with Gasteiger partial charge in [-0.2, -0.15) is 0 Å². The SMILES string of the molecule is Cc1ccc(C(C)NCCCCCCO)cc1. The van der Waals surface area contributed by atoms with Crippen molar-refractivity contribution in [3.05, 3.63) is 35.4 Å². The minimum absolute atomic E-state index is 0.327. The molecule has 1 aromatic rings. The molecule has 1 rings (SSSR count). The molecule has 0 aliphatic heterocycles. The van der Waals surface area contributed by atoms with E-state index < -0.39 is 0 Å². The van der Waals surface area contributed by atoms with Crippen molar-refractivity contribution in [3.63, 3.8) is 0 Å². The van der Waals surface area contributed by atoms with Crippen molar-refractivity contribution >= 4 is 0 Å². The third kappa shape index (κ3) is 5.85. The molecule has 0 aliphatic rings. The number of aliphatic hydroxyl groups excluding tert-OH is 1. The number of benzene rings is 1. The molecule has 2 nitrogen and oxygen atoms in total. The first kappa shape index (κ1) is 14.2. The van der Waals surface area contributed by atoms with Crippen LogP contribution in [0, 0.1) is 6.92 Å². The molecular weight excluding hydrogens is 210 g/mol. The van der Waals surface area contributed by atoms with Crippen LogP contribution in [0.15, 0.2) is 24.3 Å². The van der Waals surface area contributed by atoms with Gasteiger partial charge in [0, 0.05) is 12.6 Å². The van der Waals surface area contributed by atoms with E-state index in [1.54, 1.807) is 0 Å². The molecule has 1 atom stereocenters. The van der Waals surface area contributed by atoms with Crippen LogP contribution in [0.2, 0.25) is 0 Å². The van der Waals surface area contributed by atoms with Crippen molar-refractivity contribution in [2.24, 2.45) is 0 Å². The first-order valence-electron chi connectivity index (χ1n) is 6.65. The average molecular weight is 235 g/mol. The maximum Gasteiger partial charge on any atom is 0.0431 e. The largest absolute Gasteiger partial charge is 0.396 e. The molecule has 0 amide bonds. The lowest BCUT2D eigenvalue weighted by Crippen LogP contribution is -2.19. The van der Waals surface area contributed by atoms with Crippen LogP contribution in [0.3, 0.4) is 0 Å². The number of nitrogens with one attached hydrogen (secondary N) is 1. The predicted molar refractivity (Wildman–Crippen MR) is 73.2 cm³/mol. The minimum Gasteiger partial charge on any atom is -0.396 e. The first-order valence-corrected chi connectivity index (χ1v) is 6.65. The summed E-state index contributed by atoms with van der Waals surface area (Å²) in [4.78, 5) is 0. The highest BCUT2D eigenvalue weighted by Crippen LogP contribution is 2.13. The van der Waals surface area contributed by atoms with Crippen LogP contribution in [-0.4, -0.2) is 18.3 Å². The summed E-state index contributed by atoms with van der Waals surface area (Å²) < 4.78 is 0. The van der Waals surface area contributed by atoms with Crippen molar-refractivity contribution in [2.75, 3.05) is 13.2 Å². The molecule has 2 heteroatoms. The number of rotatable bonds is 8. The molecule has 17 heavy (non-hydrogen) atoms. The number of aryl methyl sites for hydroxylation is 1. The second kappa shape index (κ2) is 8.26. The molecule has 0 heterocycles. The summed E-state index contributed by atoms with van der Waals surface area (Å²) in [5.41, 5.74) is 2.66. The molecule has 1 unspecified atom stereocenters. The molecule has 1 aromatic carbocycles. The monoisotopic (exact) mass is 235 g/mol. The molecule has 0 saturated carbocycles. The normalized spacial score (nSPS) is 12.6. The lowest BCUT2D eigenvalue weighted by atomic mass is 10.1. The van der Waals surface area contributed by atoms with E-state index in [0.717, 1.165) is 19.4 Å². The van der Waals surface area contributed by atoms with E-state index in [9.17, 15) is 0 Å². The zero-order valence-corrected chi connectivity index (χ0v) is 11.1.